The van der Waals surface area contributed by atoms with E-state index >= 15 is 0 Å². The van der Waals surface area contributed by atoms with E-state index in [1.165, 1.54) is 18.5 Å². The van der Waals surface area contributed by atoms with Gasteiger partial charge in [0.05, 0.1) is 18.3 Å². The molecule has 0 aromatic carbocycles. The molecule has 1 aromatic rings. The van der Waals surface area contributed by atoms with E-state index in [0.717, 1.165) is 31.9 Å². The third-order valence-electron chi connectivity index (χ3n) is 3.00. The van der Waals surface area contributed by atoms with E-state index in [-0.39, 0.29) is 0 Å². The number of aromatic nitrogens is 2. The van der Waals surface area contributed by atoms with Crippen LogP contribution in [0.25, 0.3) is 0 Å². The summed E-state index contributed by atoms with van der Waals surface area (Å²) in [5.74, 6) is 0. The fraction of sp³-hybridized carbons (Fsp3) is 0.750. The van der Waals surface area contributed by atoms with Gasteiger partial charge in [0.2, 0.25) is 0 Å². The van der Waals surface area contributed by atoms with Crippen LogP contribution in [0.1, 0.15) is 24.2 Å². The van der Waals surface area contributed by atoms with Crippen molar-refractivity contribution in [1.29, 1.82) is 0 Å². The van der Waals surface area contributed by atoms with Gasteiger partial charge in [-0.05, 0) is 32.8 Å². The lowest BCUT2D eigenvalue weighted by atomic mass is 10.2. The minimum Gasteiger partial charge on any atom is -0.377 e. The van der Waals surface area contributed by atoms with Gasteiger partial charge >= 0.3 is 0 Å². The maximum Gasteiger partial charge on any atom is 0.0700 e. The number of rotatable bonds is 5. The zero-order chi connectivity index (χ0) is 11.4. The third-order valence-corrected chi connectivity index (χ3v) is 3.00. The summed E-state index contributed by atoms with van der Waals surface area (Å²) in [6, 6.07) is 2.11. The highest BCUT2D eigenvalue weighted by Gasteiger charge is 2.14. The van der Waals surface area contributed by atoms with Crippen LogP contribution < -0.4 is 5.32 Å². The van der Waals surface area contributed by atoms with Gasteiger partial charge in [0.1, 0.15) is 0 Å². The van der Waals surface area contributed by atoms with Crippen LogP contribution in [-0.4, -0.2) is 35.6 Å². The van der Waals surface area contributed by atoms with E-state index in [4.69, 9.17) is 4.74 Å². The number of nitrogens with one attached hydrogen (secondary N) is 1. The van der Waals surface area contributed by atoms with E-state index in [1.807, 2.05) is 6.92 Å². The third kappa shape index (κ3) is 3.06. The van der Waals surface area contributed by atoms with Crippen molar-refractivity contribution in [3.05, 3.63) is 17.5 Å². The Morgan fingerprint density at radius 3 is 3.06 bits per heavy atom. The number of hydrogen-bond donors (Lipinski definition) is 1. The minimum absolute atomic E-state index is 0.431. The molecule has 0 bridgehead atoms. The first-order valence-electron chi connectivity index (χ1n) is 6.09. The monoisotopic (exact) mass is 223 g/mol. The normalized spacial score (nSPS) is 20.5. The van der Waals surface area contributed by atoms with Gasteiger partial charge in [-0.3, -0.25) is 4.68 Å². The van der Waals surface area contributed by atoms with E-state index in [0.29, 0.717) is 6.10 Å². The molecule has 1 aliphatic rings. The van der Waals surface area contributed by atoms with Crippen LogP contribution in [0.15, 0.2) is 6.07 Å². The van der Waals surface area contributed by atoms with Crippen LogP contribution >= 0.6 is 0 Å². The second-order valence-corrected chi connectivity index (χ2v) is 4.49. The van der Waals surface area contributed by atoms with E-state index in [9.17, 15) is 0 Å². The molecule has 4 heteroatoms. The Morgan fingerprint density at radius 1 is 1.56 bits per heavy atom. The molecule has 0 amide bonds. The SMILES string of the molecule is Cc1cc(C)n(CCNCC2CCCO2)n1. The molecule has 1 atom stereocenters. The summed E-state index contributed by atoms with van der Waals surface area (Å²) in [6.07, 6.45) is 2.84. The Labute approximate surface area is 97.0 Å². The summed E-state index contributed by atoms with van der Waals surface area (Å²) in [4.78, 5) is 0. The van der Waals surface area contributed by atoms with Crippen LogP contribution in [0.3, 0.4) is 0 Å². The molecule has 2 heterocycles. The van der Waals surface area contributed by atoms with Gasteiger partial charge in [-0.25, -0.2) is 0 Å². The lowest BCUT2D eigenvalue weighted by molar-refractivity contribution is 0.110. The molecule has 1 aliphatic heterocycles. The van der Waals surface area contributed by atoms with Crippen LogP contribution in [0.2, 0.25) is 0 Å². The van der Waals surface area contributed by atoms with E-state index in [2.05, 4.69) is 28.1 Å². The van der Waals surface area contributed by atoms with Gasteiger partial charge < -0.3 is 10.1 Å². The molecule has 1 aromatic heterocycles. The molecular formula is C12H21N3O. The van der Waals surface area contributed by atoms with Crippen LogP contribution in [0.4, 0.5) is 0 Å². The highest BCUT2D eigenvalue weighted by atomic mass is 16.5. The maximum absolute atomic E-state index is 5.55. The van der Waals surface area contributed by atoms with Crippen molar-refractivity contribution in [2.45, 2.75) is 39.3 Å². The lowest BCUT2D eigenvalue weighted by Crippen LogP contribution is -2.29. The zero-order valence-electron chi connectivity index (χ0n) is 10.2. The Kier molecular flexibility index (Phi) is 3.96. The second-order valence-electron chi connectivity index (χ2n) is 4.49. The summed E-state index contributed by atoms with van der Waals surface area (Å²) in [6.45, 7) is 7.93. The molecule has 1 N–H and O–H groups in total. The van der Waals surface area contributed by atoms with Gasteiger partial charge in [-0.15, -0.1) is 0 Å². The average Bonchev–Trinajstić information content (AvgIpc) is 2.84. The topological polar surface area (TPSA) is 39.1 Å². The Balaban J connectivity index is 1.65. The first-order valence-corrected chi connectivity index (χ1v) is 6.09. The molecule has 1 fully saturated rings. The van der Waals surface area contributed by atoms with E-state index < -0.39 is 0 Å². The zero-order valence-corrected chi connectivity index (χ0v) is 10.2. The summed E-state index contributed by atoms with van der Waals surface area (Å²) in [5.41, 5.74) is 2.33. The summed E-state index contributed by atoms with van der Waals surface area (Å²) in [7, 11) is 0. The minimum atomic E-state index is 0.431. The summed E-state index contributed by atoms with van der Waals surface area (Å²) < 4.78 is 7.60. The molecule has 1 unspecified atom stereocenters. The fourth-order valence-electron chi connectivity index (χ4n) is 2.15. The van der Waals surface area contributed by atoms with Crippen molar-refractivity contribution < 1.29 is 4.74 Å². The second kappa shape index (κ2) is 5.46. The van der Waals surface area contributed by atoms with Crippen molar-refractivity contribution >= 4 is 0 Å². The van der Waals surface area contributed by atoms with Crippen molar-refractivity contribution in [3.63, 3.8) is 0 Å². The summed E-state index contributed by atoms with van der Waals surface area (Å²) >= 11 is 0. The van der Waals surface area contributed by atoms with Gasteiger partial charge in [0.25, 0.3) is 0 Å². The number of hydrogen-bond acceptors (Lipinski definition) is 3. The molecule has 1 saturated heterocycles. The quantitative estimate of drug-likeness (QED) is 0.764. The molecule has 16 heavy (non-hydrogen) atoms. The van der Waals surface area contributed by atoms with Crippen LogP contribution in [-0.2, 0) is 11.3 Å². The fourth-order valence-corrected chi connectivity index (χ4v) is 2.15. The molecule has 90 valence electrons. The summed E-state index contributed by atoms with van der Waals surface area (Å²) in [5, 5.41) is 7.85. The smallest absolute Gasteiger partial charge is 0.0700 e. The highest BCUT2D eigenvalue weighted by molar-refractivity contribution is 5.06. The van der Waals surface area contributed by atoms with E-state index in [1.54, 1.807) is 0 Å². The molecule has 0 spiro atoms. The first kappa shape index (κ1) is 11.6. The number of ether oxygens (including phenoxy) is 1. The maximum atomic E-state index is 5.55. The highest BCUT2D eigenvalue weighted by Crippen LogP contribution is 2.10. The van der Waals surface area contributed by atoms with Crippen LogP contribution in [0.5, 0.6) is 0 Å². The Morgan fingerprint density at radius 2 is 2.44 bits per heavy atom. The van der Waals surface area contributed by atoms with Gasteiger partial charge in [-0.2, -0.15) is 5.10 Å². The molecule has 0 saturated carbocycles. The number of nitrogens with zero attached hydrogens (tertiary/aromatic N) is 2. The van der Waals surface area contributed by atoms with Crippen LogP contribution in [0, 0.1) is 13.8 Å². The molecule has 0 aliphatic carbocycles. The van der Waals surface area contributed by atoms with Gasteiger partial charge in [0.15, 0.2) is 0 Å². The largest absolute Gasteiger partial charge is 0.377 e. The molecular weight excluding hydrogens is 202 g/mol. The Bertz CT molecular complexity index is 329. The Hall–Kier alpha value is -0.870. The lowest BCUT2D eigenvalue weighted by Gasteiger charge is -2.11. The van der Waals surface area contributed by atoms with Crippen molar-refractivity contribution in [2.75, 3.05) is 19.7 Å². The standard InChI is InChI=1S/C12H21N3O/c1-10-8-11(2)15(14-10)6-5-13-9-12-4-3-7-16-12/h8,12-13H,3-7,9H2,1-2H3. The molecule has 2 rings (SSSR count). The molecule has 4 nitrogen and oxygen atoms in total. The van der Waals surface area contributed by atoms with Crippen molar-refractivity contribution in [3.8, 4) is 0 Å². The predicted molar refractivity (Wildman–Crippen MR) is 63.5 cm³/mol. The van der Waals surface area contributed by atoms with Gasteiger partial charge in [-0.1, -0.05) is 0 Å². The van der Waals surface area contributed by atoms with Crippen molar-refractivity contribution in [1.82, 2.24) is 15.1 Å². The van der Waals surface area contributed by atoms with Gasteiger partial charge in [0, 0.05) is 25.4 Å². The molecule has 0 radical (unpaired) electrons. The predicted octanol–water partition coefficient (Wildman–Crippen LogP) is 1.27. The van der Waals surface area contributed by atoms with Crippen molar-refractivity contribution in [2.24, 2.45) is 0 Å². The average molecular weight is 223 g/mol. The number of aryl methyl sites for hydroxylation is 2. The first-order chi connectivity index (χ1) is 7.75.